The molecule has 0 aromatic carbocycles. The van der Waals surface area contributed by atoms with Crippen molar-refractivity contribution in [3.05, 3.63) is 6.42 Å². The molecule has 0 unspecified atom stereocenters. The zero-order valence-electron chi connectivity index (χ0n) is 8.10. The Morgan fingerprint density at radius 3 is 1.75 bits per heavy atom. The van der Waals surface area contributed by atoms with E-state index in [2.05, 4.69) is 6.42 Å². The molecule has 0 heterocycles. The van der Waals surface area contributed by atoms with Crippen LogP contribution in [0.5, 0.6) is 0 Å². The molecular formula is C10H23N2. The normalized spacial score (nSPS) is 10.5. The quantitative estimate of drug-likeness (QED) is 0.520. The molecule has 0 fully saturated rings. The minimum absolute atomic E-state index is 0.834. The van der Waals surface area contributed by atoms with Gasteiger partial charge in [-0.3, -0.25) is 0 Å². The van der Waals surface area contributed by atoms with Crippen LogP contribution in [0.2, 0.25) is 0 Å². The van der Waals surface area contributed by atoms with Crippen molar-refractivity contribution in [2.24, 2.45) is 11.5 Å². The second kappa shape index (κ2) is 10.9. The van der Waals surface area contributed by atoms with Gasteiger partial charge in [0.05, 0.1) is 0 Å². The molecule has 0 saturated heterocycles. The van der Waals surface area contributed by atoms with Gasteiger partial charge in [0.2, 0.25) is 0 Å². The van der Waals surface area contributed by atoms with Crippen LogP contribution in [0, 0.1) is 6.42 Å². The van der Waals surface area contributed by atoms with Crippen LogP contribution in [-0.2, 0) is 0 Å². The van der Waals surface area contributed by atoms with Gasteiger partial charge in [0, 0.05) is 0 Å². The van der Waals surface area contributed by atoms with Gasteiger partial charge in [-0.25, -0.2) is 0 Å². The van der Waals surface area contributed by atoms with Crippen molar-refractivity contribution in [2.45, 2.75) is 44.9 Å². The van der Waals surface area contributed by atoms with Gasteiger partial charge >= 0.3 is 0 Å². The molecule has 1 radical (unpaired) electrons. The maximum absolute atomic E-state index is 5.38. The topological polar surface area (TPSA) is 52.0 Å². The molecular weight excluding hydrogens is 148 g/mol. The fourth-order valence-corrected chi connectivity index (χ4v) is 1.19. The van der Waals surface area contributed by atoms with Gasteiger partial charge in [-0.1, -0.05) is 32.1 Å². The summed E-state index contributed by atoms with van der Waals surface area (Å²) in [5.74, 6) is 0. The van der Waals surface area contributed by atoms with E-state index < -0.39 is 0 Å². The Morgan fingerprint density at radius 2 is 1.17 bits per heavy atom. The van der Waals surface area contributed by atoms with E-state index in [0.717, 1.165) is 13.1 Å². The van der Waals surface area contributed by atoms with E-state index in [9.17, 15) is 0 Å². The molecule has 0 aliphatic heterocycles. The monoisotopic (exact) mass is 171 g/mol. The Labute approximate surface area is 76.7 Å². The lowest BCUT2D eigenvalue weighted by atomic mass is 10.1. The van der Waals surface area contributed by atoms with E-state index >= 15 is 0 Å². The molecule has 0 amide bonds. The van der Waals surface area contributed by atoms with Crippen molar-refractivity contribution in [3.8, 4) is 0 Å². The Morgan fingerprint density at radius 1 is 0.667 bits per heavy atom. The summed E-state index contributed by atoms with van der Waals surface area (Å²) in [5.41, 5.74) is 10.8. The second-order valence-electron chi connectivity index (χ2n) is 3.21. The van der Waals surface area contributed by atoms with Gasteiger partial charge in [-0.05, 0) is 32.4 Å². The number of hydrogen-bond donors (Lipinski definition) is 2. The van der Waals surface area contributed by atoms with E-state index in [1.807, 2.05) is 0 Å². The van der Waals surface area contributed by atoms with Gasteiger partial charge in [-0.15, -0.1) is 0 Å². The molecule has 0 aromatic heterocycles. The molecule has 0 bridgehead atoms. The molecule has 0 aliphatic carbocycles. The molecule has 0 spiro atoms. The highest BCUT2D eigenvalue weighted by Crippen LogP contribution is 2.06. The van der Waals surface area contributed by atoms with Crippen molar-refractivity contribution in [1.82, 2.24) is 0 Å². The third-order valence-corrected chi connectivity index (χ3v) is 1.97. The molecule has 73 valence electrons. The van der Waals surface area contributed by atoms with Gasteiger partial charge in [0.15, 0.2) is 0 Å². The summed E-state index contributed by atoms with van der Waals surface area (Å²) in [5, 5.41) is 0. The smallest absolute Gasteiger partial charge is 0.00773 e. The first-order valence-corrected chi connectivity index (χ1v) is 5.13. The largest absolute Gasteiger partial charge is 0.330 e. The van der Waals surface area contributed by atoms with Crippen molar-refractivity contribution in [3.63, 3.8) is 0 Å². The average Bonchev–Trinajstić information content (AvgIpc) is 2.10. The highest BCUT2D eigenvalue weighted by molar-refractivity contribution is 4.64. The molecule has 4 N–H and O–H groups in total. The summed E-state index contributed by atoms with van der Waals surface area (Å²) < 4.78 is 0. The number of hydrogen-bond acceptors (Lipinski definition) is 2. The third kappa shape index (κ3) is 9.92. The lowest BCUT2D eigenvalue weighted by Crippen LogP contribution is -1.98. The molecule has 2 nitrogen and oxygen atoms in total. The Bertz CT molecular complexity index is 64.2. The van der Waals surface area contributed by atoms with Gasteiger partial charge in [0.1, 0.15) is 0 Å². The molecule has 0 rings (SSSR count). The van der Waals surface area contributed by atoms with Gasteiger partial charge in [-0.2, -0.15) is 0 Å². The first-order chi connectivity index (χ1) is 5.91. The predicted molar refractivity (Wildman–Crippen MR) is 54.7 cm³/mol. The van der Waals surface area contributed by atoms with Crippen LogP contribution in [0.15, 0.2) is 0 Å². The summed E-state index contributed by atoms with van der Waals surface area (Å²) in [6.45, 7) is 1.67. The highest BCUT2D eigenvalue weighted by Gasteiger charge is 1.90. The van der Waals surface area contributed by atoms with Crippen LogP contribution < -0.4 is 11.5 Å². The van der Waals surface area contributed by atoms with Crippen LogP contribution in [0.4, 0.5) is 0 Å². The van der Waals surface area contributed by atoms with Crippen LogP contribution in [0.25, 0.3) is 0 Å². The van der Waals surface area contributed by atoms with E-state index in [0.29, 0.717) is 0 Å². The van der Waals surface area contributed by atoms with Gasteiger partial charge in [0.25, 0.3) is 0 Å². The minimum Gasteiger partial charge on any atom is -0.330 e. The van der Waals surface area contributed by atoms with Crippen molar-refractivity contribution < 1.29 is 0 Å². The Balaban J connectivity index is 2.73. The van der Waals surface area contributed by atoms with Crippen LogP contribution >= 0.6 is 0 Å². The zero-order valence-corrected chi connectivity index (χ0v) is 8.10. The Kier molecular flexibility index (Phi) is 10.8. The number of unbranched alkanes of at least 4 members (excludes halogenated alkanes) is 7. The van der Waals surface area contributed by atoms with Crippen LogP contribution in [-0.4, -0.2) is 13.1 Å². The maximum Gasteiger partial charge on any atom is -0.00773 e. The summed E-state index contributed by atoms with van der Waals surface area (Å²) in [6, 6.07) is 0. The van der Waals surface area contributed by atoms with E-state index in [1.165, 1.54) is 44.9 Å². The minimum atomic E-state index is 0.834. The van der Waals surface area contributed by atoms with Crippen molar-refractivity contribution in [1.29, 1.82) is 0 Å². The summed E-state index contributed by atoms with van der Waals surface area (Å²) >= 11 is 0. The highest BCUT2D eigenvalue weighted by atomic mass is 14.5. The van der Waals surface area contributed by atoms with E-state index in [1.54, 1.807) is 0 Å². The molecule has 12 heavy (non-hydrogen) atoms. The first kappa shape index (κ1) is 11.9. The zero-order chi connectivity index (χ0) is 9.07. The van der Waals surface area contributed by atoms with Crippen LogP contribution in [0.3, 0.4) is 0 Å². The maximum atomic E-state index is 5.38. The standard InChI is InChI=1S/C10H23N2/c11-9-7-5-3-1-2-4-6-8-10-12/h1H,2-12H2. The fourth-order valence-electron chi connectivity index (χ4n) is 1.19. The summed E-state index contributed by atoms with van der Waals surface area (Å²) in [4.78, 5) is 0. The summed E-state index contributed by atoms with van der Waals surface area (Å²) in [7, 11) is 0. The number of rotatable bonds is 9. The number of nitrogens with two attached hydrogens (primary N) is 2. The molecule has 0 atom stereocenters. The first-order valence-electron chi connectivity index (χ1n) is 5.13. The van der Waals surface area contributed by atoms with Crippen molar-refractivity contribution in [2.75, 3.05) is 13.1 Å². The lowest BCUT2D eigenvalue weighted by Gasteiger charge is -1.99. The molecule has 0 aromatic rings. The fraction of sp³-hybridized carbons (Fsp3) is 0.900. The third-order valence-electron chi connectivity index (χ3n) is 1.97. The van der Waals surface area contributed by atoms with Gasteiger partial charge < -0.3 is 11.5 Å². The lowest BCUT2D eigenvalue weighted by molar-refractivity contribution is 0.649. The Hall–Kier alpha value is -0.0800. The van der Waals surface area contributed by atoms with E-state index in [4.69, 9.17) is 11.5 Å². The second-order valence-corrected chi connectivity index (χ2v) is 3.21. The van der Waals surface area contributed by atoms with Crippen molar-refractivity contribution >= 4 is 0 Å². The average molecular weight is 171 g/mol. The summed E-state index contributed by atoms with van der Waals surface area (Å²) in [6.07, 6.45) is 11.1. The predicted octanol–water partition coefficient (Wildman–Crippen LogP) is 1.84. The molecule has 0 aliphatic rings. The van der Waals surface area contributed by atoms with E-state index in [-0.39, 0.29) is 0 Å². The molecule has 0 saturated carbocycles. The molecule has 2 heteroatoms. The SMILES string of the molecule is NCCCC[CH]CCCCCN. The van der Waals surface area contributed by atoms with Crippen LogP contribution in [0.1, 0.15) is 44.9 Å².